The van der Waals surface area contributed by atoms with Gasteiger partial charge in [0.1, 0.15) is 10.7 Å². The third-order valence-corrected chi connectivity index (χ3v) is 2.03. The average Bonchev–Trinajstić information content (AvgIpc) is 2.29. The van der Waals surface area contributed by atoms with Gasteiger partial charge in [-0.2, -0.15) is 0 Å². The molecule has 2 rings (SSSR count). The van der Waals surface area contributed by atoms with E-state index < -0.39 is 22.0 Å². The Balaban J connectivity index is 2.96. The van der Waals surface area contributed by atoms with Crippen LogP contribution in [0.25, 0.3) is 15.9 Å². The second kappa shape index (κ2) is 3.90. The van der Waals surface area contributed by atoms with Crippen molar-refractivity contribution in [2.75, 3.05) is 0 Å². The van der Waals surface area contributed by atoms with E-state index in [-0.39, 0.29) is 11.0 Å². The summed E-state index contributed by atoms with van der Waals surface area (Å²) in [6.45, 7) is 0. The van der Waals surface area contributed by atoms with Gasteiger partial charge in [-0.15, -0.1) is 0 Å². The highest BCUT2D eigenvalue weighted by Crippen LogP contribution is 2.28. The molecule has 0 amide bonds. The fraction of sp³-hybridized carbons (Fsp3) is 0. The zero-order valence-corrected chi connectivity index (χ0v) is 8.23. The number of nitrogens with zero attached hydrogens (tertiary/aromatic N) is 4. The molecule has 8 heteroatoms. The molecule has 0 radical (unpaired) electrons. The maximum atomic E-state index is 11.8. The molecule has 0 saturated heterocycles. The predicted molar refractivity (Wildman–Crippen MR) is 53.0 cm³/mol. The summed E-state index contributed by atoms with van der Waals surface area (Å²) in [5.74, 6) is -0.685. The van der Waals surface area contributed by atoms with Gasteiger partial charge in [0.2, 0.25) is 5.39 Å². The first-order valence-electron chi connectivity index (χ1n) is 4.40. The summed E-state index contributed by atoms with van der Waals surface area (Å²) in [4.78, 5) is 12.9. The fourth-order valence-corrected chi connectivity index (χ4v) is 1.35. The van der Waals surface area contributed by atoms with E-state index in [9.17, 15) is 15.2 Å². The summed E-state index contributed by atoms with van der Waals surface area (Å²) in [6, 6.07) is 6.09. The van der Waals surface area contributed by atoms with E-state index >= 15 is 0 Å². The molecule has 0 aliphatic carbocycles. The van der Waals surface area contributed by atoms with Crippen molar-refractivity contribution in [1.82, 2.24) is 0 Å². The van der Waals surface area contributed by atoms with Crippen LogP contribution in [-0.2, 0) is 0 Å². The van der Waals surface area contributed by atoms with E-state index in [2.05, 4.69) is 10.1 Å². The number of fused-ring (bicyclic) bond motifs is 1. The van der Waals surface area contributed by atoms with Gasteiger partial charge in [-0.1, -0.05) is 18.2 Å². The normalized spacial score (nSPS) is 11.4. The maximum absolute atomic E-state index is 11.8. The molecule has 8 nitrogen and oxygen atoms in total. The summed E-state index contributed by atoms with van der Waals surface area (Å²) in [5.41, 5.74) is -1.10. The molecule has 0 saturated carbocycles. The standard InChI is InChI=1S/C9H4N4O4/c10-11-7-8(14)5-3-1-2-4-6(5)17-9(7)12-13(15)16/h1-4H. The number of hydrogen-bond donors (Lipinski definition) is 0. The number of para-hydroxylation sites is 1. The molecule has 1 heterocycles. The molecule has 17 heavy (non-hydrogen) atoms. The smallest absolute Gasteiger partial charge is 0.446 e. The lowest BCUT2D eigenvalue weighted by Gasteiger charge is -2.04. The largest absolute Gasteiger partial charge is 0.866 e. The molecule has 84 valence electrons. The Morgan fingerprint density at radius 1 is 1.41 bits per heavy atom. The van der Waals surface area contributed by atoms with E-state index in [4.69, 9.17) is 9.81 Å². The Bertz CT molecular complexity index is 713. The van der Waals surface area contributed by atoms with Crippen molar-refractivity contribution in [2.24, 2.45) is 5.10 Å². The van der Waals surface area contributed by atoms with Gasteiger partial charge in [0, 0.05) is 11.1 Å². The van der Waals surface area contributed by atoms with Crippen molar-refractivity contribution >= 4 is 16.7 Å². The molecule has 1 aromatic heterocycles. The van der Waals surface area contributed by atoms with Gasteiger partial charge in [-0.3, -0.25) is 0 Å². The molecular formula is C9H4N4O4. The zero-order valence-electron chi connectivity index (χ0n) is 8.23. The van der Waals surface area contributed by atoms with Crippen LogP contribution < -0.4 is 10.7 Å². The number of hydrogen-bond acceptors (Lipinski definition) is 5. The van der Waals surface area contributed by atoms with E-state index in [1.807, 2.05) is 0 Å². The third kappa shape index (κ3) is 1.76. The van der Waals surface area contributed by atoms with Gasteiger partial charge in [0.15, 0.2) is 10.0 Å². The van der Waals surface area contributed by atoms with Crippen LogP contribution in [-0.4, -0.2) is 5.03 Å². The first-order chi connectivity index (χ1) is 8.13. The van der Waals surface area contributed by atoms with Gasteiger partial charge >= 0.3 is 11.2 Å². The molecule has 0 unspecified atom stereocenters. The van der Waals surface area contributed by atoms with Gasteiger partial charge in [0.25, 0.3) is 0 Å². The fourth-order valence-electron chi connectivity index (χ4n) is 1.35. The molecule has 1 aromatic carbocycles. The van der Waals surface area contributed by atoms with Crippen molar-refractivity contribution in [2.45, 2.75) is 0 Å². The molecule has 0 fully saturated rings. The summed E-state index contributed by atoms with van der Waals surface area (Å²) in [5, 5.41) is 32.6. The number of diazo groups is 1. The number of rotatable bonds is 1. The molecule has 0 spiro atoms. The molecule has 0 N–H and O–H groups in total. The van der Waals surface area contributed by atoms with Crippen LogP contribution in [0.3, 0.4) is 0 Å². The minimum Gasteiger partial charge on any atom is -0.866 e. The van der Waals surface area contributed by atoms with Gasteiger partial charge in [-0.25, -0.2) is 10.1 Å². The Morgan fingerprint density at radius 3 is 2.76 bits per heavy atom. The molecule has 0 aliphatic heterocycles. The minimum absolute atomic E-state index is 0.130. The van der Waals surface area contributed by atoms with E-state index in [0.29, 0.717) is 0 Å². The van der Waals surface area contributed by atoms with Crippen LogP contribution in [0.2, 0.25) is 0 Å². The van der Waals surface area contributed by atoms with Crippen LogP contribution in [0.1, 0.15) is 0 Å². The zero-order chi connectivity index (χ0) is 12.4. The van der Waals surface area contributed by atoms with Crippen molar-refractivity contribution in [1.29, 1.82) is 5.39 Å². The Morgan fingerprint density at radius 2 is 2.12 bits per heavy atom. The van der Waals surface area contributed by atoms with Gasteiger partial charge in [0.05, 0.1) is 0 Å². The van der Waals surface area contributed by atoms with Gasteiger partial charge < -0.3 is 9.52 Å². The van der Waals surface area contributed by atoms with Crippen LogP contribution in [0, 0.1) is 15.5 Å². The minimum atomic E-state index is -1.04. The summed E-state index contributed by atoms with van der Waals surface area (Å²) < 4.78 is 5.01. The molecule has 0 atom stereocenters. The van der Waals surface area contributed by atoms with Gasteiger partial charge in [-0.05, 0) is 6.07 Å². The lowest BCUT2D eigenvalue weighted by atomic mass is 10.2. The van der Waals surface area contributed by atoms with E-state index in [1.165, 1.54) is 12.1 Å². The summed E-state index contributed by atoms with van der Waals surface area (Å²) in [7, 11) is 0. The Hall–Kier alpha value is -2.95. The van der Waals surface area contributed by atoms with Crippen molar-refractivity contribution in [3.63, 3.8) is 0 Å². The van der Waals surface area contributed by atoms with Crippen LogP contribution in [0.4, 0.5) is 5.69 Å². The van der Waals surface area contributed by atoms with Crippen LogP contribution in [0.5, 0.6) is 5.75 Å². The molecule has 0 aliphatic rings. The second-order valence-corrected chi connectivity index (χ2v) is 3.02. The number of nitro groups is 1. The average molecular weight is 232 g/mol. The van der Waals surface area contributed by atoms with Crippen molar-refractivity contribution in [3.05, 3.63) is 44.9 Å². The topological polar surface area (TPSA) is 120 Å². The lowest BCUT2D eigenvalue weighted by Crippen LogP contribution is -2.08. The van der Waals surface area contributed by atoms with Crippen molar-refractivity contribution < 1.29 is 14.6 Å². The lowest BCUT2D eigenvalue weighted by molar-refractivity contribution is -0.491. The molecular weight excluding hydrogens is 228 g/mol. The van der Waals surface area contributed by atoms with Crippen LogP contribution in [0.15, 0.2) is 33.8 Å². The highest BCUT2D eigenvalue weighted by atomic mass is 16.7. The number of benzene rings is 1. The summed E-state index contributed by atoms with van der Waals surface area (Å²) in [6.07, 6.45) is 0. The maximum Gasteiger partial charge on any atom is 0.446 e. The SMILES string of the molecule is N#[N+]c1c([O-])c2ccccc2o/c1=N\[N+](=O)[O-]. The molecule has 0 bridgehead atoms. The first kappa shape index (κ1) is 10.6. The monoisotopic (exact) mass is 232 g/mol. The Kier molecular flexibility index (Phi) is 2.42. The quantitative estimate of drug-likeness (QED) is 0.413. The Labute approximate surface area is 93.2 Å². The highest BCUT2D eigenvalue weighted by molar-refractivity contribution is 5.87. The highest BCUT2D eigenvalue weighted by Gasteiger charge is 2.19. The first-order valence-corrected chi connectivity index (χ1v) is 4.40. The second-order valence-electron chi connectivity index (χ2n) is 3.02. The summed E-state index contributed by atoms with van der Waals surface area (Å²) >= 11 is 0. The molecule has 2 aromatic rings. The third-order valence-electron chi connectivity index (χ3n) is 2.03. The van der Waals surface area contributed by atoms with Crippen LogP contribution >= 0.6 is 0 Å². The van der Waals surface area contributed by atoms with Crippen molar-refractivity contribution in [3.8, 4) is 5.75 Å². The van der Waals surface area contributed by atoms with E-state index in [0.717, 1.165) is 0 Å². The predicted octanol–water partition coefficient (Wildman–Crippen LogP) is 1.08. The van der Waals surface area contributed by atoms with E-state index in [1.54, 1.807) is 12.1 Å².